The summed E-state index contributed by atoms with van der Waals surface area (Å²) in [6.07, 6.45) is 19.3. The second-order valence-corrected chi connectivity index (χ2v) is 21.0. The lowest BCUT2D eigenvalue weighted by molar-refractivity contribution is -0.126. The Kier molecular flexibility index (Phi) is 18.0. The highest BCUT2D eigenvalue weighted by Crippen LogP contribution is 2.60. The fourth-order valence-electron chi connectivity index (χ4n) is 12.0. The number of carbonyl (C=O) groups is 3. The molecule has 4 aliphatic rings. The Balaban J connectivity index is 0.656. The van der Waals surface area contributed by atoms with Crippen molar-refractivity contribution in [3.8, 4) is 17.2 Å². The molecule has 0 spiro atoms. The number of oxime groups is 1. The molecule has 2 aromatic heterocycles. The van der Waals surface area contributed by atoms with E-state index in [4.69, 9.17) is 30.9 Å². The van der Waals surface area contributed by atoms with Crippen LogP contribution in [0.5, 0.6) is 17.2 Å². The topological polar surface area (TPSA) is 211 Å². The highest BCUT2D eigenvalue weighted by molar-refractivity contribution is 6.33. The number of benzene rings is 2. The van der Waals surface area contributed by atoms with Gasteiger partial charge in [-0.15, -0.1) is 0 Å². The molecule has 3 heterocycles. The number of piperidine rings is 1. The van der Waals surface area contributed by atoms with Crippen LogP contribution in [0.1, 0.15) is 127 Å². The summed E-state index contributed by atoms with van der Waals surface area (Å²) in [4.78, 5) is 67.4. The van der Waals surface area contributed by atoms with Crippen LogP contribution in [0.25, 0.3) is 10.9 Å². The Labute approximate surface area is 433 Å². The summed E-state index contributed by atoms with van der Waals surface area (Å²) in [5.74, 6) is 3.05. The van der Waals surface area contributed by atoms with E-state index in [1.54, 1.807) is 25.4 Å². The lowest BCUT2D eigenvalue weighted by Crippen LogP contribution is -2.42. The zero-order valence-electron chi connectivity index (χ0n) is 43.0. The molecule has 0 radical (unpaired) electrons. The third-order valence-corrected chi connectivity index (χ3v) is 16.3. The number of methoxy groups -OCH3 is 1. The summed E-state index contributed by atoms with van der Waals surface area (Å²) < 4.78 is 12.6. The first-order valence-corrected chi connectivity index (χ1v) is 26.9. The zero-order valence-corrected chi connectivity index (χ0v) is 43.8. The van der Waals surface area contributed by atoms with Crippen molar-refractivity contribution in [3.05, 3.63) is 69.1 Å². The molecular formula is C55H74ClN9O8. The molecule has 3 fully saturated rings. The van der Waals surface area contributed by atoms with E-state index in [-0.39, 0.29) is 48.0 Å². The monoisotopic (exact) mass is 1020 g/mol. The first-order chi connectivity index (χ1) is 35.4. The molecular weight excluding hydrogens is 950 g/mol. The van der Waals surface area contributed by atoms with Crippen molar-refractivity contribution in [2.45, 2.75) is 122 Å². The van der Waals surface area contributed by atoms with Gasteiger partial charge in [0, 0.05) is 68.7 Å². The Bertz CT molecular complexity index is 2690. The number of aromatic nitrogens is 3. The molecule has 8 rings (SSSR count). The molecule has 394 valence electrons. The van der Waals surface area contributed by atoms with Gasteiger partial charge in [0.05, 0.1) is 24.5 Å². The van der Waals surface area contributed by atoms with E-state index in [0.29, 0.717) is 102 Å². The van der Waals surface area contributed by atoms with Crippen molar-refractivity contribution in [1.29, 1.82) is 0 Å². The number of hydrogen-bond donors (Lipinski definition) is 5. The molecule has 0 bridgehead atoms. The number of ether oxygens (including phenoxy) is 2. The molecule has 4 aromatic rings. The van der Waals surface area contributed by atoms with E-state index in [9.17, 15) is 24.3 Å². The number of nitrogens with one attached hydrogen (secondary N) is 4. The van der Waals surface area contributed by atoms with Gasteiger partial charge in [-0.05, 0) is 117 Å². The number of hydrogen-bond acceptors (Lipinski definition) is 13. The van der Waals surface area contributed by atoms with Gasteiger partial charge < -0.3 is 50.2 Å². The molecule has 2 aromatic carbocycles. The number of carbonyl (C=O) groups excluding carboxylic acids is 3. The minimum Gasteiger partial charge on any atom is -0.508 e. The number of unbranched alkanes of at least 4 members (excludes halogenated alkanes) is 8. The molecule has 73 heavy (non-hydrogen) atoms. The Morgan fingerprint density at radius 3 is 2.33 bits per heavy atom. The molecule has 5 N–H and O–H groups in total. The number of likely N-dealkylation sites (N-methyl/N-ethyl adjacent to an activating group) is 1. The Morgan fingerprint density at radius 2 is 1.60 bits per heavy atom. The summed E-state index contributed by atoms with van der Waals surface area (Å²) in [5, 5.41) is 27.4. The molecule has 1 saturated heterocycles. The summed E-state index contributed by atoms with van der Waals surface area (Å²) in [6, 6.07) is 11.1. The van der Waals surface area contributed by atoms with Crippen LogP contribution >= 0.6 is 11.6 Å². The molecule has 4 atom stereocenters. The highest BCUT2D eigenvalue weighted by Gasteiger charge is 2.54. The van der Waals surface area contributed by atoms with Crippen LogP contribution < -0.4 is 41.2 Å². The fraction of sp³-hybridized carbons (Fsp3) is 0.582. The molecule has 3 unspecified atom stereocenters. The van der Waals surface area contributed by atoms with Crippen LogP contribution in [0.15, 0.2) is 52.5 Å². The highest BCUT2D eigenvalue weighted by atomic mass is 35.5. The summed E-state index contributed by atoms with van der Waals surface area (Å²) >= 11 is 6.57. The van der Waals surface area contributed by atoms with Gasteiger partial charge in [0.25, 0.3) is 17.4 Å². The third-order valence-electron chi connectivity index (χ3n) is 16.0. The lowest BCUT2D eigenvalue weighted by Gasteiger charge is -2.49. The van der Waals surface area contributed by atoms with Gasteiger partial charge in [-0.25, -0.2) is 4.98 Å². The molecule has 3 amide bonds. The van der Waals surface area contributed by atoms with Crippen LogP contribution in [-0.4, -0.2) is 96.6 Å². The molecule has 1 aliphatic heterocycles. The number of anilines is 3. The van der Waals surface area contributed by atoms with Crippen LogP contribution in [0.2, 0.25) is 5.02 Å². The molecule has 17 nitrogen and oxygen atoms in total. The SMILES string of the molecule is CNC(=O)COc1cc2cc(Nc3nc(N4CCC(C(=O)NCCCCCCCCCCCNC(=O)CO/N=C5\CCC6C7CCc8cc(O)ccc8C7CC[C@]56C)CC4)ncc3Cl)cc(OC)c2n(C)c1=O. The standard InChI is InChI=1S/C55H74ClN9O8/c1-55-23-20-41-40-17-15-39(66)29-36(40)14-16-42(41)43(55)18-19-47(55)63-73-34-49(68)58-24-12-10-8-6-5-7-9-11-13-25-59-52(69)35-21-26-65(27-22-35)54-60-32-44(56)51(62-54)61-38-28-37-30-46(72-33-48(67)57-2)53(70)64(3)50(37)45(31-38)71-4/h15,17,28-32,35,41-43,66H,5-14,16,18-27,33-34H2,1-4H3,(H,57,67)(H,58,68)(H,59,69)(H,60,61,62)/b63-47+/t41?,42?,43?,55-/m0/s1. The van der Waals surface area contributed by atoms with Gasteiger partial charge in [-0.2, -0.15) is 4.98 Å². The Morgan fingerprint density at radius 1 is 0.877 bits per heavy atom. The number of halogens is 1. The maximum atomic E-state index is 13.1. The van der Waals surface area contributed by atoms with Crippen molar-refractivity contribution in [3.63, 3.8) is 0 Å². The number of aryl methyl sites for hydroxylation is 2. The predicted octanol–water partition coefficient (Wildman–Crippen LogP) is 8.45. The van der Waals surface area contributed by atoms with E-state index in [1.807, 2.05) is 18.2 Å². The van der Waals surface area contributed by atoms with Crippen molar-refractivity contribution in [2.75, 3.05) is 63.8 Å². The summed E-state index contributed by atoms with van der Waals surface area (Å²) in [6.45, 7) is 4.61. The van der Waals surface area contributed by atoms with Gasteiger partial charge in [0.1, 0.15) is 16.5 Å². The lowest BCUT2D eigenvalue weighted by atomic mass is 9.55. The molecule has 2 saturated carbocycles. The van der Waals surface area contributed by atoms with Gasteiger partial charge >= 0.3 is 0 Å². The van der Waals surface area contributed by atoms with Gasteiger partial charge in [-0.3, -0.25) is 19.2 Å². The first-order valence-electron chi connectivity index (χ1n) is 26.5. The number of aromatic hydroxyl groups is 1. The van der Waals surface area contributed by atoms with Crippen molar-refractivity contribution in [1.82, 2.24) is 30.5 Å². The maximum absolute atomic E-state index is 13.1. The van der Waals surface area contributed by atoms with Gasteiger partial charge in [0.2, 0.25) is 11.9 Å². The van der Waals surface area contributed by atoms with E-state index in [2.05, 4.69) is 49.3 Å². The zero-order chi connectivity index (χ0) is 51.5. The summed E-state index contributed by atoms with van der Waals surface area (Å²) in [5.41, 5.74) is 4.64. The van der Waals surface area contributed by atoms with Crippen LogP contribution in [0, 0.1) is 23.2 Å². The molecule has 3 aliphatic carbocycles. The number of phenolic OH excluding ortho intramolecular Hbond substituents is 1. The first kappa shape index (κ1) is 53.2. The van der Waals surface area contributed by atoms with E-state index < -0.39 is 5.56 Å². The smallest absolute Gasteiger partial charge is 0.293 e. The largest absolute Gasteiger partial charge is 0.508 e. The number of nitrogens with zero attached hydrogens (tertiary/aromatic N) is 5. The third kappa shape index (κ3) is 12.8. The summed E-state index contributed by atoms with van der Waals surface area (Å²) in [7, 11) is 4.63. The quantitative estimate of drug-likeness (QED) is 0.0350. The van der Waals surface area contributed by atoms with E-state index >= 15 is 0 Å². The fourth-order valence-corrected chi connectivity index (χ4v) is 12.1. The average Bonchev–Trinajstić information content (AvgIpc) is 3.73. The minimum atomic E-state index is -0.405. The average molecular weight is 1020 g/mol. The predicted molar refractivity (Wildman–Crippen MR) is 284 cm³/mol. The van der Waals surface area contributed by atoms with Crippen molar-refractivity contribution in [2.24, 2.45) is 35.4 Å². The number of amides is 3. The second-order valence-electron chi connectivity index (χ2n) is 20.6. The van der Waals surface area contributed by atoms with Crippen molar-refractivity contribution < 1.29 is 33.8 Å². The normalized spacial score (nSPS) is 21.0. The van der Waals surface area contributed by atoms with Crippen LogP contribution in [-0.2, 0) is 32.7 Å². The van der Waals surface area contributed by atoms with E-state index in [1.165, 1.54) is 49.1 Å². The number of rotatable bonds is 23. The number of phenols is 1. The van der Waals surface area contributed by atoms with Gasteiger partial charge in [0.15, 0.2) is 24.8 Å². The second kappa shape index (κ2) is 24.8. The minimum absolute atomic E-state index is 0.0262. The van der Waals surface area contributed by atoms with Gasteiger partial charge in [-0.1, -0.05) is 74.7 Å². The van der Waals surface area contributed by atoms with Crippen molar-refractivity contribution >= 4 is 63.4 Å². The number of fused-ring (bicyclic) bond motifs is 6. The van der Waals surface area contributed by atoms with E-state index in [0.717, 1.165) is 82.8 Å². The Hall–Kier alpha value is -6.10. The van der Waals surface area contributed by atoms with Crippen LogP contribution in [0.4, 0.5) is 17.5 Å². The number of pyridine rings is 1. The van der Waals surface area contributed by atoms with Crippen LogP contribution in [0.3, 0.4) is 0 Å². The molecule has 18 heteroatoms. The maximum Gasteiger partial charge on any atom is 0.293 e.